The van der Waals surface area contributed by atoms with Gasteiger partial charge in [0.05, 0.1) is 0 Å². The minimum Gasteiger partial charge on any atom is -0.378 e. The van der Waals surface area contributed by atoms with Crippen molar-refractivity contribution in [2.75, 3.05) is 25.5 Å². The highest BCUT2D eigenvalue weighted by molar-refractivity contribution is 5.46. The van der Waals surface area contributed by atoms with Gasteiger partial charge in [0.2, 0.25) is 0 Å². The van der Waals surface area contributed by atoms with Crippen molar-refractivity contribution in [1.29, 1.82) is 0 Å². The molecule has 1 unspecified atom stereocenters. The fraction of sp³-hybridized carbons (Fsp3) is 0.294. The third-order valence-electron chi connectivity index (χ3n) is 3.62. The van der Waals surface area contributed by atoms with Crippen LogP contribution in [0.1, 0.15) is 17.0 Å². The van der Waals surface area contributed by atoms with E-state index in [9.17, 15) is 8.78 Å². The van der Waals surface area contributed by atoms with Crippen molar-refractivity contribution in [2.45, 2.75) is 12.3 Å². The van der Waals surface area contributed by atoms with Crippen molar-refractivity contribution in [3.05, 3.63) is 65.2 Å². The summed E-state index contributed by atoms with van der Waals surface area (Å²) in [6.45, 7) is 0.274. The normalized spacial score (nSPS) is 12.2. The van der Waals surface area contributed by atoms with Gasteiger partial charge in [-0.25, -0.2) is 8.78 Å². The summed E-state index contributed by atoms with van der Waals surface area (Å²) in [6, 6.07) is 11.5. The number of halogens is 2. The van der Waals surface area contributed by atoms with Gasteiger partial charge in [-0.15, -0.1) is 0 Å². The van der Waals surface area contributed by atoms with Crippen LogP contribution in [-0.4, -0.2) is 20.6 Å². The van der Waals surface area contributed by atoms with Gasteiger partial charge in [0.15, 0.2) is 0 Å². The molecular formula is C17H20F2N2. The molecule has 2 aromatic carbocycles. The summed E-state index contributed by atoms with van der Waals surface area (Å²) in [6.07, 6.45) is 0.588. The number of nitrogens with zero attached hydrogens (tertiary/aromatic N) is 1. The molecule has 0 fully saturated rings. The highest BCUT2D eigenvalue weighted by Crippen LogP contribution is 2.24. The van der Waals surface area contributed by atoms with Crippen molar-refractivity contribution < 1.29 is 8.78 Å². The Kier molecular flexibility index (Phi) is 4.91. The summed E-state index contributed by atoms with van der Waals surface area (Å²) >= 11 is 0. The second kappa shape index (κ2) is 6.68. The first-order valence-corrected chi connectivity index (χ1v) is 6.92. The molecule has 0 bridgehead atoms. The van der Waals surface area contributed by atoms with Gasteiger partial charge in [-0.2, -0.15) is 0 Å². The lowest BCUT2D eigenvalue weighted by Gasteiger charge is -2.17. The Morgan fingerprint density at radius 3 is 2.29 bits per heavy atom. The number of nitrogens with two attached hydrogens (primary N) is 1. The zero-order chi connectivity index (χ0) is 15.4. The minimum atomic E-state index is -0.437. The molecule has 2 N–H and O–H groups in total. The SMILES string of the molecule is CN(C)c1ccc(CC(CN)c2cc(F)ccc2F)cc1. The highest BCUT2D eigenvalue weighted by Gasteiger charge is 2.16. The van der Waals surface area contributed by atoms with Gasteiger partial charge in [0.1, 0.15) is 11.6 Å². The molecule has 2 nitrogen and oxygen atoms in total. The summed E-state index contributed by atoms with van der Waals surface area (Å²) in [4.78, 5) is 2.01. The summed E-state index contributed by atoms with van der Waals surface area (Å²) in [5.74, 6) is -1.07. The molecule has 2 aromatic rings. The van der Waals surface area contributed by atoms with Gasteiger partial charge in [-0.1, -0.05) is 12.1 Å². The van der Waals surface area contributed by atoms with Gasteiger partial charge in [0.25, 0.3) is 0 Å². The maximum Gasteiger partial charge on any atom is 0.126 e. The number of rotatable bonds is 5. The molecule has 4 heteroatoms. The topological polar surface area (TPSA) is 29.3 Å². The second-order valence-corrected chi connectivity index (χ2v) is 5.36. The van der Waals surface area contributed by atoms with E-state index in [1.807, 2.05) is 43.3 Å². The molecule has 0 saturated carbocycles. The summed E-state index contributed by atoms with van der Waals surface area (Å²) in [5, 5.41) is 0. The summed E-state index contributed by atoms with van der Waals surface area (Å²) < 4.78 is 27.2. The maximum atomic E-state index is 13.9. The number of hydrogen-bond acceptors (Lipinski definition) is 2. The average Bonchev–Trinajstić information content (AvgIpc) is 2.48. The molecule has 0 aromatic heterocycles. The molecule has 0 radical (unpaired) electrons. The average molecular weight is 290 g/mol. The van der Waals surface area contributed by atoms with Gasteiger partial charge in [-0.05, 0) is 54.4 Å². The number of anilines is 1. The molecule has 0 aliphatic heterocycles. The first-order chi connectivity index (χ1) is 10.0. The molecule has 0 spiro atoms. The van der Waals surface area contributed by atoms with Crippen LogP contribution in [0.25, 0.3) is 0 Å². The van der Waals surface area contributed by atoms with Crippen molar-refractivity contribution in [3.8, 4) is 0 Å². The highest BCUT2D eigenvalue weighted by atomic mass is 19.1. The lowest BCUT2D eigenvalue weighted by molar-refractivity contribution is 0.557. The first-order valence-electron chi connectivity index (χ1n) is 6.92. The van der Waals surface area contributed by atoms with E-state index in [4.69, 9.17) is 5.73 Å². The molecule has 0 heterocycles. The Morgan fingerprint density at radius 2 is 1.71 bits per heavy atom. The molecule has 0 aliphatic rings. The Labute approximate surface area is 124 Å². The fourth-order valence-electron chi connectivity index (χ4n) is 2.36. The van der Waals surface area contributed by atoms with Crippen LogP contribution in [0.5, 0.6) is 0 Å². The van der Waals surface area contributed by atoms with E-state index in [-0.39, 0.29) is 12.5 Å². The van der Waals surface area contributed by atoms with Crippen LogP contribution in [-0.2, 0) is 6.42 Å². The van der Waals surface area contributed by atoms with Crippen LogP contribution in [0.3, 0.4) is 0 Å². The van der Waals surface area contributed by atoms with Crippen LogP contribution in [0.15, 0.2) is 42.5 Å². The Morgan fingerprint density at radius 1 is 1.05 bits per heavy atom. The van der Waals surface area contributed by atoms with Crippen LogP contribution in [0.2, 0.25) is 0 Å². The number of benzene rings is 2. The Hall–Kier alpha value is -1.94. The predicted molar refractivity (Wildman–Crippen MR) is 82.6 cm³/mol. The summed E-state index contributed by atoms with van der Waals surface area (Å²) in [7, 11) is 3.94. The standard InChI is InChI=1S/C17H20F2N2/c1-21(2)15-6-3-12(4-7-15)9-13(11-20)16-10-14(18)5-8-17(16)19/h3-8,10,13H,9,11,20H2,1-2H3. The smallest absolute Gasteiger partial charge is 0.126 e. The quantitative estimate of drug-likeness (QED) is 0.915. The monoisotopic (exact) mass is 290 g/mol. The molecular weight excluding hydrogens is 270 g/mol. The van der Waals surface area contributed by atoms with Crippen LogP contribution >= 0.6 is 0 Å². The molecule has 0 aliphatic carbocycles. The third-order valence-corrected chi connectivity index (χ3v) is 3.62. The van der Waals surface area contributed by atoms with Crippen molar-refractivity contribution >= 4 is 5.69 Å². The van der Waals surface area contributed by atoms with E-state index in [2.05, 4.69) is 0 Å². The van der Waals surface area contributed by atoms with Crippen molar-refractivity contribution in [1.82, 2.24) is 0 Å². The maximum absolute atomic E-state index is 13.9. The molecule has 0 saturated heterocycles. The second-order valence-electron chi connectivity index (χ2n) is 5.36. The van der Waals surface area contributed by atoms with E-state index in [1.165, 1.54) is 6.07 Å². The van der Waals surface area contributed by atoms with E-state index in [0.717, 1.165) is 23.4 Å². The molecule has 0 amide bonds. The molecule has 1 atom stereocenters. The zero-order valence-electron chi connectivity index (χ0n) is 12.3. The Balaban J connectivity index is 2.20. The zero-order valence-corrected chi connectivity index (χ0v) is 12.3. The van der Waals surface area contributed by atoms with E-state index < -0.39 is 11.6 Å². The largest absolute Gasteiger partial charge is 0.378 e. The lowest BCUT2D eigenvalue weighted by atomic mass is 9.91. The van der Waals surface area contributed by atoms with Crippen LogP contribution in [0, 0.1) is 11.6 Å². The van der Waals surface area contributed by atoms with Gasteiger partial charge >= 0.3 is 0 Å². The molecule has 2 rings (SSSR count). The van der Waals surface area contributed by atoms with Gasteiger partial charge < -0.3 is 10.6 Å². The first kappa shape index (κ1) is 15.4. The van der Waals surface area contributed by atoms with Crippen molar-refractivity contribution in [3.63, 3.8) is 0 Å². The minimum absolute atomic E-state index is 0.231. The van der Waals surface area contributed by atoms with Gasteiger partial charge in [-0.3, -0.25) is 0 Å². The summed E-state index contributed by atoms with van der Waals surface area (Å²) in [5.41, 5.74) is 8.25. The number of hydrogen-bond donors (Lipinski definition) is 1. The Bertz CT molecular complexity index is 594. The lowest BCUT2D eigenvalue weighted by Crippen LogP contribution is -2.17. The van der Waals surface area contributed by atoms with Gasteiger partial charge in [0, 0.05) is 25.7 Å². The van der Waals surface area contributed by atoms with Crippen molar-refractivity contribution in [2.24, 2.45) is 5.73 Å². The fourth-order valence-corrected chi connectivity index (χ4v) is 2.36. The van der Waals surface area contributed by atoms with E-state index >= 15 is 0 Å². The third kappa shape index (κ3) is 3.79. The van der Waals surface area contributed by atoms with E-state index in [1.54, 1.807) is 0 Å². The van der Waals surface area contributed by atoms with Crippen LogP contribution in [0.4, 0.5) is 14.5 Å². The molecule has 21 heavy (non-hydrogen) atoms. The molecule has 112 valence electrons. The van der Waals surface area contributed by atoms with Crippen LogP contribution < -0.4 is 10.6 Å². The van der Waals surface area contributed by atoms with E-state index in [0.29, 0.717) is 12.0 Å². The predicted octanol–water partition coefficient (Wildman–Crippen LogP) is 3.32.